The van der Waals surface area contributed by atoms with E-state index in [0.717, 1.165) is 17.7 Å². The van der Waals surface area contributed by atoms with Crippen LogP contribution in [0.4, 0.5) is 5.69 Å². The van der Waals surface area contributed by atoms with Gasteiger partial charge in [-0.25, -0.2) is 0 Å². The highest BCUT2D eigenvalue weighted by molar-refractivity contribution is 6.13. The lowest BCUT2D eigenvalue weighted by Gasteiger charge is -2.36. The fraction of sp³-hybridized carbons (Fsp3) is 0.333. The molecule has 2 aromatic carbocycles. The molecule has 1 amide bonds. The van der Waals surface area contributed by atoms with Gasteiger partial charge < -0.3 is 19.5 Å². The van der Waals surface area contributed by atoms with Crippen LogP contribution in [-0.2, 0) is 10.2 Å². The number of hydrogen-bond acceptors (Lipinski definition) is 5. The maximum absolute atomic E-state index is 13.9. The molecule has 0 radical (unpaired) electrons. The number of Topliss-reactive ketones (excluding diaryl/α,β-unsaturated/α-hetero) is 1. The number of carbonyl (C=O) groups excluding carboxylic acids is 2. The molecule has 2 bridgehead atoms. The quantitative estimate of drug-likeness (QED) is 0.608. The van der Waals surface area contributed by atoms with Crippen molar-refractivity contribution in [2.75, 3.05) is 26.6 Å². The van der Waals surface area contributed by atoms with E-state index in [1.807, 2.05) is 24.3 Å². The summed E-state index contributed by atoms with van der Waals surface area (Å²) < 4.78 is 16.3. The topological polar surface area (TPSA) is 73.9 Å². The van der Waals surface area contributed by atoms with Crippen LogP contribution >= 0.6 is 0 Å². The number of anilines is 1. The highest BCUT2D eigenvalue weighted by Crippen LogP contribution is 2.62. The smallest absolute Gasteiger partial charge is 0.236 e. The number of fused-ring (bicyclic) bond motifs is 5. The van der Waals surface area contributed by atoms with Crippen LogP contribution in [0.15, 0.2) is 48.6 Å². The summed E-state index contributed by atoms with van der Waals surface area (Å²) in [6, 6.07) is 11.0. The fourth-order valence-corrected chi connectivity index (χ4v) is 5.66. The third-order valence-electron chi connectivity index (χ3n) is 6.85. The predicted octanol–water partition coefficient (Wildman–Crippen LogP) is 3.61. The predicted molar refractivity (Wildman–Crippen MR) is 111 cm³/mol. The van der Waals surface area contributed by atoms with E-state index in [1.54, 1.807) is 12.1 Å². The normalized spacial score (nSPS) is 27.8. The molecule has 5 rings (SSSR count). The number of nitrogens with one attached hydrogen (secondary N) is 1. The lowest BCUT2D eigenvalue weighted by Crippen LogP contribution is -2.48. The largest absolute Gasteiger partial charge is 0.493 e. The minimum absolute atomic E-state index is 0.00198. The first kappa shape index (κ1) is 18.7. The highest BCUT2D eigenvalue weighted by Gasteiger charge is 2.66. The molecule has 4 atom stereocenters. The zero-order valence-electron chi connectivity index (χ0n) is 17.1. The lowest BCUT2D eigenvalue weighted by atomic mass is 9.63. The number of hydrogen-bond donors (Lipinski definition) is 1. The molecule has 6 nitrogen and oxygen atoms in total. The second kappa shape index (κ2) is 6.62. The van der Waals surface area contributed by atoms with E-state index in [-0.39, 0.29) is 23.5 Å². The molecule has 1 saturated carbocycles. The monoisotopic (exact) mass is 405 g/mol. The summed E-state index contributed by atoms with van der Waals surface area (Å²) in [5.41, 5.74) is 1.28. The summed E-state index contributed by atoms with van der Waals surface area (Å²) >= 11 is 0. The van der Waals surface area contributed by atoms with Crippen molar-refractivity contribution in [1.29, 1.82) is 0 Å². The summed E-state index contributed by atoms with van der Waals surface area (Å²) in [6.45, 7) is 0. The number of allylic oxidation sites excluding steroid dienone is 2. The van der Waals surface area contributed by atoms with Gasteiger partial charge in [0.1, 0.15) is 0 Å². The van der Waals surface area contributed by atoms with E-state index >= 15 is 0 Å². The highest BCUT2D eigenvalue weighted by atomic mass is 16.5. The van der Waals surface area contributed by atoms with E-state index in [2.05, 4.69) is 17.5 Å². The number of ether oxygens (including phenoxy) is 3. The van der Waals surface area contributed by atoms with Crippen LogP contribution in [0.1, 0.15) is 22.3 Å². The minimum Gasteiger partial charge on any atom is -0.493 e. The van der Waals surface area contributed by atoms with E-state index < -0.39 is 11.3 Å². The van der Waals surface area contributed by atoms with Gasteiger partial charge >= 0.3 is 0 Å². The Labute approximate surface area is 174 Å². The van der Waals surface area contributed by atoms with Crippen LogP contribution in [-0.4, -0.2) is 33.0 Å². The standard InChI is InChI=1S/C24H23NO5/c1-28-18-11-14(12-19(29-2)22(18)30-3)21(26)20-13-8-9-15(10-13)24(20)16-6-4-5-7-17(16)25-23(24)27/h4-9,11-13,15,20H,10H2,1-3H3,(H,25,27)/t13-,15-,20+,24+/m0/s1. The van der Waals surface area contributed by atoms with E-state index in [1.165, 1.54) is 21.3 Å². The van der Waals surface area contributed by atoms with E-state index in [9.17, 15) is 9.59 Å². The Morgan fingerprint density at radius 2 is 1.73 bits per heavy atom. The molecule has 30 heavy (non-hydrogen) atoms. The Kier molecular flexibility index (Phi) is 4.13. The second-order valence-corrected chi connectivity index (χ2v) is 8.02. The zero-order chi connectivity index (χ0) is 21.0. The van der Waals surface area contributed by atoms with Gasteiger partial charge in [-0.15, -0.1) is 0 Å². The van der Waals surface area contributed by atoms with Crippen molar-refractivity contribution in [3.63, 3.8) is 0 Å². The van der Waals surface area contributed by atoms with Crippen LogP contribution in [0.5, 0.6) is 17.2 Å². The van der Waals surface area contributed by atoms with Gasteiger partial charge in [-0.1, -0.05) is 30.4 Å². The SMILES string of the molecule is COc1cc(C(=O)[C@H]2[C@H]3C=C[C@@H](C3)[C@]23C(=O)Nc2ccccc23)cc(OC)c1OC. The summed E-state index contributed by atoms with van der Waals surface area (Å²) in [4.78, 5) is 27.3. The van der Waals surface area contributed by atoms with Gasteiger partial charge in [-0.05, 0) is 42.0 Å². The van der Waals surface area contributed by atoms with Crippen molar-refractivity contribution in [1.82, 2.24) is 0 Å². The third-order valence-corrected chi connectivity index (χ3v) is 6.85. The van der Waals surface area contributed by atoms with Crippen LogP contribution < -0.4 is 19.5 Å². The molecule has 0 aromatic heterocycles. The Hall–Kier alpha value is -3.28. The average Bonchev–Trinajstić information content (AvgIpc) is 3.45. The molecule has 2 aliphatic carbocycles. The van der Waals surface area contributed by atoms with Crippen molar-refractivity contribution in [2.45, 2.75) is 11.8 Å². The Morgan fingerprint density at radius 3 is 2.40 bits per heavy atom. The number of rotatable bonds is 5. The molecular weight excluding hydrogens is 382 g/mol. The lowest BCUT2D eigenvalue weighted by molar-refractivity contribution is -0.122. The summed E-state index contributed by atoms with van der Waals surface area (Å²) in [5, 5.41) is 3.02. The number of amides is 1. The first-order valence-corrected chi connectivity index (χ1v) is 9.99. The third kappa shape index (κ3) is 2.24. The molecular formula is C24H23NO5. The van der Waals surface area contributed by atoms with Crippen molar-refractivity contribution >= 4 is 17.4 Å². The molecule has 1 aliphatic heterocycles. The average molecular weight is 405 g/mol. The molecule has 1 heterocycles. The molecule has 3 aliphatic rings. The van der Waals surface area contributed by atoms with Gasteiger partial charge in [0.05, 0.1) is 26.7 Å². The zero-order valence-corrected chi connectivity index (χ0v) is 17.1. The summed E-state index contributed by atoms with van der Waals surface area (Å²) in [7, 11) is 4.57. The van der Waals surface area contributed by atoms with Gasteiger partial charge in [0.2, 0.25) is 11.7 Å². The number of carbonyl (C=O) groups is 2. The van der Waals surface area contributed by atoms with Gasteiger partial charge in [-0.2, -0.15) is 0 Å². The molecule has 1 N–H and O–H groups in total. The Morgan fingerprint density at radius 1 is 1.03 bits per heavy atom. The van der Waals surface area contributed by atoms with Gasteiger partial charge in [-0.3, -0.25) is 9.59 Å². The maximum atomic E-state index is 13.9. The van der Waals surface area contributed by atoms with Crippen molar-refractivity contribution in [3.8, 4) is 17.2 Å². The van der Waals surface area contributed by atoms with Crippen molar-refractivity contribution in [3.05, 3.63) is 59.7 Å². The number of benzene rings is 2. The van der Waals surface area contributed by atoms with Crippen LogP contribution in [0.25, 0.3) is 0 Å². The second-order valence-electron chi connectivity index (χ2n) is 8.02. The first-order valence-electron chi connectivity index (χ1n) is 9.99. The molecule has 0 unspecified atom stereocenters. The Bertz CT molecular complexity index is 1070. The van der Waals surface area contributed by atoms with Crippen LogP contribution in [0.2, 0.25) is 0 Å². The summed E-state index contributed by atoms with van der Waals surface area (Å²) in [5.74, 6) is 0.625. The number of para-hydroxylation sites is 1. The van der Waals surface area contributed by atoms with Gasteiger partial charge in [0.15, 0.2) is 17.3 Å². The summed E-state index contributed by atoms with van der Waals surface area (Å²) in [6.07, 6.45) is 4.98. The molecule has 1 spiro atoms. The maximum Gasteiger partial charge on any atom is 0.236 e. The van der Waals surface area contributed by atoms with Crippen molar-refractivity contribution < 1.29 is 23.8 Å². The molecule has 1 fully saturated rings. The van der Waals surface area contributed by atoms with Gasteiger partial charge in [0, 0.05) is 17.2 Å². The van der Waals surface area contributed by atoms with Gasteiger partial charge in [0.25, 0.3) is 0 Å². The molecule has 2 aromatic rings. The fourth-order valence-electron chi connectivity index (χ4n) is 5.66. The number of methoxy groups -OCH3 is 3. The van der Waals surface area contributed by atoms with Crippen molar-refractivity contribution in [2.24, 2.45) is 17.8 Å². The first-order chi connectivity index (χ1) is 14.6. The molecule has 0 saturated heterocycles. The number of ketones is 1. The Balaban J connectivity index is 1.66. The minimum atomic E-state index is -0.881. The van der Waals surface area contributed by atoms with Crippen LogP contribution in [0.3, 0.4) is 0 Å². The van der Waals surface area contributed by atoms with Crippen LogP contribution in [0, 0.1) is 17.8 Å². The molecule has 154 valence electrons. The van der Waals surface area contributed by atoms with E-state index in [4.69, 9.17) is 14.2 Å². The van der Waals surface area contributed by atoms with E-state index in [0.29, 0.717) is 22.8 Å². The molecule has 6 heteroatoms.